The van der Waals surface area contributed by atoms with Crippen LogP contribution in [0, 0.1) is 5.92 Å². The van der Waals surface area contributed by atoms with Gasteiger partial charge >= 0.3 is 0 Å². The molecule has 4 heteroatoms. The molecule has 3 N–H and O–H groups in total. The number of aromatic nitrogens is 2. The summed E-state index contributed by atoms with van der Waals surface area (Å²) in [6.45, 7) is 4.14. The molecule has 0 spiro atoms. The van der Waals surface area contributed by atoms with E-state index in [2.05, 4.69) is 23.8 Å². The fraction of sp³-hybridized carbons (Fsp3) is 0.364. The van der Waals surface area contributed by atoms with Crippen LogP contribution in [0.3, 0.4) is 0 Å². The zero-order chi connectivity index (χ0) is 11.0. The van der Waals surface area contributed by atoms with Gasteiger partial charge in [0.15, 0.2) is 0 Å². The van der Waals surface area contributed by atoms with Crippen molar-refractivity contribution in [3.63, 3.8) is 0 Å². The first-order valence-electron chi connectivity index (χ1n) is 4.99. The normalized spacial score (nSPS) is 13.7. The van der Waals surface area contributed by atoms with Crippen LogP contribution in [-0.2, 0) is 0 Å². The Morgan fingerprint density at radius 3 is 2.73 bits per heavy atom. The number of nitrogens with zero attached hydrogens (tertiary/aromatic N) is 1. The molecule has 1 atom stereocenters. The maximum atomic E-state index is 6.03. The molecule has 0 radical (unpaired) electrons. The quantitative estimate of drug-likeness (QED) is 0.823. The minimum absolute atomic E-state index is 0.0755. The number of benzene rings is 1. The Bertz CT molecular complexity index is 476. The van der Waals surface area contributed by atoms with Gasteiger partial charge in [-0.3, -0.25) is 0 Å². The summed E-state index contributed by atoms with van der Waals surface area (Å²) >= 11 is 6.03. The van der Waals surface area contributed by atoms with Gasteiger partial charge in [0.2, 0.25) is 0 Å². The van der Waals surface area contributed by atoms with Crippen molar-refractivity contribution in [1.82, 2.24) is 9.97 Å². The molecule has 1 aromatic carbocycles. The highest BCUT2D eigenvalue weighted by Gasteiger charge is 2.15. The van der Waals surface area contributed by atoms with E-state index < -0.39 is 0 Å². The largest absolute Gasteiger partial charge is 0.341 e. The van der Waals surface area contributed by atoms with Crippen LogP contribution in [0.5, 0.6) is 0 Å². The molecular weight excluding hydrogens is 210 g/mol. The van der Waals surface area contributed by atoms with Gasteiger partial charge in [-0.2, -0.15) is 0 Å². The Morgan fingerprint density at radius 2 is 2.13 bits per heavy atom. The van der Waals surface area contributed by atoms with Gasteiger partial charge in [0, 0.05) is 0 Å². The molecule has 3 nitrogen and oxygen atoms in total. The number of halogens is 1. The van der Waals surface area contributed by atoms with Crippen molar-refractivity contribution in [3.8, 4) is 0 Å². The van der Waals surface area contributed by atoms with Gasteiger partial charge in [-0.15, -0.1) is 0 Å². The number of rotatable bonds is 2. The van der Waals surface area contributed by atoms with Crippen LogP contribution in [0.1, 0.15) is 25.7 Å². The summed E-state index contributed by atoms with van der Waals surface area (Å²) in [4.78, 5) is 7.62. The van der Waals surface area contributed by atoms with Crippen molar-refractivity contribution < 1.29 is 0 Å². The number of hydrogen-bond acceptors (Lipinski definition) is 2. The van der Waals surface area contributed by atoms with Gasteiger partial charge in [-0.25, -0.2) is 4.98 Å². The van der Waals surface area contributed by atoms with E-state index in [1.165, 1.54) is 0 Å². The first-order chi connectivity index (χ1) is 7.09. The van der Waals surface area contributed by atoms with E-state index in [0.29, 0.717) is 10.9 Å². The fourth-order valence-corrected chi connectivity index (χ4v) is 1.71. The number of para-hydroxylation sites is 1. The second kappa shape index (κ2) is 3.83. The fourth-order valence-electron chi connectivity index (χ4n) is 1.49. The number of nitrogens with two attached hydrogens (primary N) is 1. The first-order valence-corrected chi connectivity index (χ1v) is 5.37. The lowest BCUT2D eigenvalue weighted by Gasteiger charge is -2.11. The molecular formula is C11H14ClN3. The van der Waals surface area contributed by atoms with Crippen LogP contribution in [-0.4, -0.2) is 9.97 Å². The van der Waals surface area contributed by atoms with E-state index in [9.17, 15) is 0 Å². The average Bonchev–Trinajstić information content (AvgIpc) is 2.61. The Morgan fingerprint density at radius 1 is 1.40 bits per heavy atom. The molecule has 2 aromatic rings. The Labute approximate surface area is 93.6 Å². The van der Waals surface area contributed by atoms with Gasteiger partial charge in [0.25, 0.3) is 0 Å². The lowest BCUT2D eigenvalue weighted by Crippen LogP contribution is -2.18. The summed E-state index contributed by atoms with van der Waals surface area (Å²) in [5.41, 5.74) is 7.75. The summed E-state index contributed by atoms with van der Waals surface area (Å²) in [5.74, 6) is 1.15. The van der Waals surface area contributed by atoms with Gasteiger partial charge in [-0.1, -0.05) is 31.5 Å². The van der Waals surface area contributed by atoms with Crippen LogP contribution < -0.4 is 5.73 Å². The van der Waals surface area contributed by atoms with Gasteiger partial charge in [0.1, 0.15) is 11.3 Å². The number of aromatic amines is 1. The predicted molar refractivity (Wildman–Crippen MR) is 62.9 cm³/mol. The van der Waals surface area contributed by atoms with Gasteiger partial charge < -0.3 is 10.7 Å². The van der Waals surface area contributed by atoms with E-state index in [1.54, 1.807) is 0 Å². The van der Waals surface area contributed by atoms with Gasteiger partial charge in [-0.05, 0) is 18.1 Å². The smallest absolute Gasteiger partial charge is 0.124 e. The number of H-pyrrole nitrogens is 1. The zero-order valence-corrected chi connectivity index (χ0v) is 9.55. The Kier molecular flexibility index (Phi) is 2.67. The van der Waals surface area contributed by atoms with Crippen LogP contribution in [0.25, 0.3) is 11.0 Å². The van der Waals surface area contributed by atoms with Crippen molar-refractivity contribution >= 4 is 22.6 Å². The number of fused-ring (bicyclic) bond motifs is 1. The van der Waals surface area contributed by atoms with Crippen molar-refractivity contribution in [2.45, 2.75) is 19.9 Å². The van der Waals surface area contributed by atoms with Crippen LogP contribution >= 0.6 is 11.6 Å². The first kappa shape index (κ1) is 10.5. The highest BCUT2D eigenvalue weighted by Crippen LogP contribution is 2.24. The minimum Gasteiger partial charge on any atom is -0.341 e. The number of nitrogens with one attached hydrogen (secondary N) is 1. The third-order valence-electron chi connectivity index (χ3n) is 2.52. The van der Waals surface area contributed by atoms with E-state index in [0.717, 1.165) is 16.9 Å². The zero-order valence-electron chi connectivity index (χ0n) is 8.79. The van der Waals surface area contributed by atoms with Crippen LogP contribution in [0.15, 0.2) is 18.2 Å². The highest BCUT2D eigenvalue weighted by atomic mass is 35.5. The second-order valence-corrected chi connectivity index (χ2v) is 4.44. The van der Waals surface area contributed by atoms with E-state index in [1.807, 2.05) is 18.2 Å². The molecule has 0 aliphatic heterocycles. The van der Waals surface area contributed by atoms with Crippen molar-refractivity contribution in [1.29, 1.82) is 0 Å². The van der Waals surface area contributed by atoms with E-state index in [-0.39, 0.29) is 6.04 Å². The molecule has 0 saturated heterocycles. The molecule has 0 saturated carbocycles. The van der Waals surface area contributed by atoms with Crippen LogP contribution in [0.4, 0.5) is 0 Å². The molecule has 0 amide bonds. The highest BCUT2D eigenvalue weighted by molar-refractivity contribution is 6.34. The van der Waals surface area contributed by atoms with Crippen molar-refractivity contribution in [2.75, 3.05) is 0 Å². The molecule has 15 heavy (non-hydrogen) atoms. The summed E-state index contributed by atoms with van der Waals surface area (Å²) in [6.07, 6.45) is 0. The maximum absolute atomic E-state index is 6.03. The maximum Gasteiger partial charge on any atom is 0.124 e. The second-order valence-electron chi connectivity index (χ2n) is 4.03. The van der Waals surface area contributed by atoms with E-state index in [4.69, 9.17) is 17.3 Å². The topological polar surface area (TPSA) is 54.7 Å². The Balaban J connectivity index is 2.52. The monoisotopic (exact) mass is 223 g/mol. The molecule has 0 aliphatic carbocycles. The van der Waals surface area contributed by atoms with Crippen LogP contribution in [0.2, 0.25) is 5.02 Å². The third kappa shape index (κ3) is 1.85. The number of imidazole rings is 1. The molecule has 0 aliphatic rings. The lowest BCUT2D eigenvalue weighted by molar-refractivity contribution is 0.495. The SMILES string of the molecule is CC(C)C(N)c1nc2c(Cl)cccc2[nH]1. The van der Waals surface area contributed by atoms with Crippen molar-refractivity contribution in [3.05, 3.63) is 29.0 Å². The summed E-state index contributed by atoms with van der Waals surface area (Å²) in [6, 6.07) is 5.60. The predicted octanol–water partition coefficient (Wildman–Crippen LogP) is 2.87. The third-order valence-corrected chi connectivity index (χ3v) is 2.82. The molecule has 0 bridgehead atoms. The minimum atomic E-state index is -0.0755. The van der Waals surface area contributed by atoms with E-state index >= 15 is 0 Å². The molecule has 1 unspecified atom stereocenters. The van der Waals surface area contributed by atoms with Gasteiger partial charge in [0.05, 0.1) is 16.6 Å². The molecule has 1 aromatic heterocycles. The molecule has 1 heterocycles. The summed E-state index contributed by atoms with van der Waals surface area (Å²) in [5, 5.41) is 0.658. The molecule has 2 rings (SSSR count). The average molecular weight is 224 g/mol. The summed E-state index contributed by atoms with van der Waals surface area (Å²) < 4.78 is 0. The standard InChI is InChI=1S/C11H14ClN3/c1-6(2)9(13)11-14-8-5-3-4-7(12)10(8)15-11/h3-6,9H,13H2,1-2H3,(H,14,15). The number of hydrogen-bond donors (Lipinski definition) is 2. The van der Waals surface area contributed by atoms with Crippen molar-refractivity contribution in [2.24, 2.45) is 11.7 Å². The Hall–Kier alpha value is -1.06. The summed E-state index contributed by atoms with van der Waals surface area (Å²) in [7, 11) is 0. The lowest BCUT2D eigenvalue weighted by atomic mass is 10.1. The molecule has 80 valence electrons. The molecule has 0 fully saturated rings.